The average Bonchev–Trinajstić information content (AvgIpc) is 0.836. The molecule has 6 radical (unpaired) electrons. The Bertz CT molecular complexity index is 7530. The third-order valence-electron chi connectivity index (χ3n) is 21.1. The van der Waals surface area contributed by atoms with Gasteiger partial charge in [0.25, 0.3) is 0 Å². The first kappa shape index (κ1) is 122. The van der Waals surface area contributed by atoms with Crippen LogP contribution in [-0.2, 0) is 195 Å². The van der Waals surface area contributed by atoms with Gasteiger partial charge in [-0.1, -0.05) is 84.9 Å². The molecule has 6 unspecified atom stereocenters. The minimum atomic E-state index is -0.995. The van der Waals surface area contributed by atoms with E-state index in [0.29, 0.717) is 59.8 Å². The largest absolute Gasteiger partial charge is 2.00 e. The molecule has 0 bridgehead atoms. The van der Waals surface area contributed by atoms with Crippen molar-refractivity contribution in [3.8, 4) is 124 Å². The predicted molar refractivity (Wildman–Crippen MR) is 548 cm³/mol. The molecule has 21 rings (SSSR count). The predicted octanol–water partition coefficient (Wildman–Crippen LogP) is 18.8. The number of amides is 6. The zero-order valence-corrected chi connectivity index (χ0v) is 92.0. The first-order valence-electron chi connectivity index (χ1n) is 41.2. The fourth-order valence-corrected chi connectivity index (χ4v) is 17.6. The molecule has 0 spiro atoms. The van der Waals surface area contributed by atoms with Crippen molar-refractivity contribution < 1.29 is 216 Å². The summed E-state index contributed by atoms with van der Waals surface area (Å²) >= 11 is 0. The number of carbonyl (C=O) groups is 6. The fraction of sp³-hybridized carbons (Fsp3) is 0.104. The zero-order valence-electron chi connectivity index (χ0n) is 77.7. The summed E-state index contributed by atoms with van der Waals surface area (Å²) in [6, 6.07) is 71.8. The number of hydrogen-bond acceptors (Lipinski definition) is 28. The zero-order chi connectivity index (χ0) is 101. The molecule has 0 saturated carbocycles. The number of aromatic amines is 6. The molecule has 4 aliphatic rings. The monoisotopic (exact) mass is 2320 g/mol. The van der Waals surface area contributed by atoms with E-state index in [1.165, 1.54) is 0 Å². The summed E-state index contributed by atoms with van der Waals surface area (Å²) in [5, 5.41) is 4.29. The van der Waals surface area contributed by atoms with E-state index in [9.17, 15) is 57.5 Å². The summed E-state index contributed by atoms with van der Waals surface area (Å²) in [6.07, 6.45) is -0.753. The number of nitrogens with zero attached hydrogens (tertiary/aromatic N) is 6. The number of ether oxygens (including phenoxy) is 10. The minimum Gasteiger partial charge on any atom is -0.632 e. The number of aromatic nitrogens is 12. The van der Waals surface area contributed by atoms with E-state index in [0.717, 1.165) is 243 Å². The Morgan fingerprint density at radius 2 is 0.541 bits per heavy atom. The van der Waals surface area contributed by atoms with Gasteiger partial charge in [-0.15, -0.1) is 0 Å². The Kier molecular flexibility index (Phi) is 48.2. The van der Waals surface area contributed by atoms with Gasteiger partial charge in [0.2, 0.25) is 36.6 Å². The van der Waals surface area contributed by atoms with Crippen molar-refractivity contribution in [3.05, 3.63) is 251 Å². The van der Waals surface area contributed by atoms with Crippen molar-refractivity contribution in [2.75, 3.05) is 42.7 Å². The van der Waals surface area contributed by atoms with Crippen LogP contribution >= 0.6 is 51.5 Å². The number of imidazole rings is 6. The molecule has 52 heteroatoms. The average molecular weight is 2330 g/mol. The van der Waals surface area contributed by atoms with Crippen LogP contribution in [0.2, 0.25) is 0 Å². The molecule has 6 aromatic heterocycles. The Labute approximate surface area is 924 Å². The van der Waals surface area contributed by atoms with Crippen molar-refractivity contribution >= 4 is 212 Å². The maximum Gasteiger partial charge on any atom is 2.00 e. The van der Waals surface area contributed by atoms with Crippen molar-refractivity contribution in [3.63, 3.8) is 0 Å². The minimum absolute atomic E-state index is 0. The van der Waals surface area contributed by atoms with Crippen molar-refractivity contribution in [2.24, 2.45) is 0 Å². The van der Waals surface area contributed by atoms with Gasteiger partial charge in [-0.3, -0.25) is 28.8 Å². The first-order chi connectivity index (χ1) is 68.7. The van der Waals surface area contributed by atoms with Crippen LogP contribution in [0.15, 0.2) is 195 Å². The van der Waals surface area contributed by atoms with Crippen LogP contribution in [0.4, 0.5) is 28.8 Å². The number of fused-ring (bicyclic) bond motifs is 13. The number of carbonyl (C=O) groups excluding carboxylic acids is 12. The molecule has 10 heterocycles. The first-order valence-corrected chi connectivity index (χ1v) is 47.2. The van der Waals surface area contributed by atoms with Gasteiger partial charge in [-0.25, -0.2) is 66.1 Å². The Morgan fingerprint density at radius 1 is 0.284 bits per heavy atom. The maximum absolute atomic E-state index is 10.7. The number of H-pyrrole nitrogens is 6. The van der Waals surface area contributed by atoms with Crippen molar-refractivity contribution in [1.29, 1.82) is 0 Å². The van der Waals surface area contributed by atoms with Crippen molar-refractivity contribution in [2.45, 2.75) is 26.4 Å². The standard InChI is InChI=1S/2C29H18N4O3P2.C26H16N4O4P2.6C2H5NO2.6V/c34-14-37-28-30-12-26(33-28)19-3-5-21-20(10-19)13-36-27-22-6-1-16(9-18(22)2-7-23(21)27)17-4-8-24-25(11-17)32-29(31-24)38-15-35;34-14-37-28-30-12-26(33-28)19-3-6-22-18(10-19)2-7-23-21-5-1-16(9-20(21)13-36-27(22)23)17-4-8-24-25(11-17)32-29(31-24)38-15-35;31-11-35-25-27-8-20(30-25)15-4-17-10-33-21-6-14(3-16-9-34-22(7-15)24(17)23(16)21)13-1-2-18-19(5-13)29-26(28-18)36-12-32;6*1-5-2(3)4;;;;;;/h2*1-12,37-38H,13H2,(H,30,33)(H,31,32);1-8,35-36H,9-10H2,(H,27,30)(H,28,29);6*1H3,(H2,3,4);;;;;;/q3*-2;;;;;;;6*+2/p-6. The molecule has 40 nitrogen and oxygen atoms in total. The molecule has 6 amide bonds. The van der Waals surface area contributed by atoms with Crippen LogP contribution in [0, 0.1) is 0 Å². The quantitative estimate of drug-likeness (QED) is 0.0264. The van der Waals surface area contributed by atoms with Gasteiger partial charge in [-0.2, -0.15) is 51.5 Å². The molecule has 0 aliphatic carbocycles. The molecular weight excluding hydrogens is 2250 g/mol. The molecule has 148 heavy (non-hydrogen) atoms. The van der Waals surface area contributed by atoms with Crippen molar-refractivity contribution in [1.82, 2.24) is 59.8 Å². The summed E-state index contributed by atoms with van der Waals surface area (Å²) in [5.74, 6) is 3.42. The molecular formula is C96H76N18O22P6V6. The number of methoxy groups -OCH3 is 6. The Hall–Kier alpha value is -13.1. The van der Waals surface area contributed by atoms with E-state index < -0.39 is 36.6 Å². The normalized spacial score (nSPS) is 11.3. The molecule has 4 aliphatic heterocycles. The van der Waals surface area contributed by atoms with Crippen LogP contribution in [0.25, 0.3) is 190 Å². The topological polar surface area (TPSA) is 612 Å². The molecule has 17 aromatic rings. The SMILES string of the molecule is COC([NH-])=O.COC([NH-])=O.COC([NH-])=O.COC([NH-])=O.COC([NH-])=O.COC([NH-])=O.O=[C-]Pc1ncc(-c2cc3c4c(c2)OCc2cc(-c5ccc6nc(P[C-]=O)[nH]c6c5)cc(c2-4)OC3)[nH]1.O=[C-]Pc1ncc(-c2ccc3c(c2)COc2c-3ccc3cc(-c4ccc5nc(P[C-]=O)[nH]c5c4)ccc23)[nH]1.O=[C-]Pc1ncc(-c2ccc3c4c(ccc3c2)-c2ccc(-c3ccc5nc(P[C-]=O)[nH]c5c3)cc2CO4)[nH]1.[V+2].[V+2].[V+2].[V+2].[V+2].[V+2]. The summed E-state index contributed by atoms with van der Waals surface area (Å²) in [4.78, 5) is 165. The van der Waals surface area contributed by atoms with Gasteiger partial charge < -0.3 is 140 Å². The molecule has 6 atom stereocenters. The number of benzene rings is 11. The van der Waals surface area contributed by atoms with E-state index >= 15 is 0 Å². The van der Waals surface area contributed by atoms with Gasteiger partial charge in [-0.05, 0) is 163 Å². The van der Waals surface area contributed by atoms with Crippen LogP contribution in [0.5, 0.6) is 23.0 Å². The summed E-state index contributed by atoms with van der Waals surface area (Å²) < 4.78 is 47.8. The molecule has 12 N–H and O–H groups in total. The van der Waals surface area contributed by atoms with E-state index in [1.807, 2.05) is 90.8 Å². The molecule has 742 valence electrons. The van der Waals surface area contributed by atoms with Crippen LogP contribution in [0.3, 0.4) is 0 Å². The van der Waals surface area contributed by atoms with E-state index in [2.05, 4.69) is 210 Å². The molecule has 0 fully saturated rings. The molecule has 11 aromatic carbocycles. The number of rotatable bonds is 18. The van der Waals surface area contributed by atoms with Gasteiger partial charge in [0.05, 0.1) is 145 Å². The second-order valence-corrected chi connectivity index (χ2v) is 34.9. The fourth-order valence-electron chi connectivity index (χ4n) is 14.9. The van der Waals surface area contributed by atoms with Gasteiger partial charge in [0.1, 0.15) is 49.4 Å². The third-order valence-corrected chi connectivity index (χ3v) is 24.6. The Morgan fingerprint density at radius 3 is 0.899 bits per heavy atom. The summed E-state index contributed by atoms with van der Waals surface area (Å²) in [7, 11) is 6.33. The van der Waals surface area contributed by atoms with E-state index in [1.54, 1.807) is 18.6 Å². The maximum atomic E-state index is 10.7. The summed E-state index contributed by atoms with van der Waals surface area (Å²) in [5.41, 5.74) is 67.6. The number of nitrogens with one attached hydrogen (secondary N) is 12. The van der Waals surface area contributed by atoms with Gasteiger partial charge >= 0.3 is 111 Å². The molecule has 0 saturated heterocycles. The smallest absolute Gasteiger partial charge is 0.632 e. The van der Waals surface area contributed by atoms with Gasteiger partial charge in [0.15, 0.2) is 0 Å². The van der Waals surface area contributed by atoms with Crippen LogP contribution in [-0.4, -0.2) is 175 Å². The summed E-state index contributed by atoms with van der Waals surface area (Å²) in [6.45, 7) is 1.81. The third kappa shape index (κ3) is 31.0. The van der Waals surface area contributed by atoms with E-state index in [-0.39, 0.29) is 163 Å². The van der Waals surface area contributed by atoms with E-state index in [4.69, 9.17) is 53.3 Å². The Balaban J connectivity index is 0.000000258. The second-order valence-electron chi connectivity index (χ2n) is 29.4. The van der Waals surface area contributed by atoms with Crippen LogP contribution < -0.4 is 52.3 Å². The number of hydrogen-bond donors (Lipinski definition) is 6. The van der Waals surface area contributed by atoms with Gasteiger partial charge in [0, 0.05) is 55.3 Å². The van der Waals surface area contributed by atoms with Crippen LogP contribution in [0.1, 0.15) is 22.3 Å². The second kappa shape index (κ2) is 58.6.